The Morgan fingerprint density at radius 1 is 1.73 bits per heavy atom. The smallest absolute Gasteiger partial charge is 0.441 e. The molecular weight excluding hydrogens is 208 g/mol. The SMILES string of the molecule is CCOC(=O)C(F)(F)n1cc(N)c(C)n1. The number of aromatic nitrogens is 2. The van der Waals surface area contributed by atoms with Crippen LogP contribution in [0.1, 0.15) is 12.6 Å². The van der Waals surface area contributed by atoms with E-state index in [0.717, 1.165) is 6.20 Å². The molecule has 0 saturated carbocycles. The number of nitrogens with two attached hydrogens (primary N) is 1. The number of carbonyl (C=O) groups excluding carboxylic acids is 1. The number of anilines is 1. The molecule has 0 fully saturated rings. The van der Waals surface area contributed by atoms with Crippen LogP contribution in [-0.4, -0.2) is 22.4 Å². The van der Waals surface area contributed by atoms with Crippen LogP contribution < -0.4 is 5.73 Å². The molecule has 15 heavy (non-hydrogen) atoms. The lowest BCUT2D eigenvalue weighted by Gasteiger charge is -2.14. The van der Waals surface area contributed by atoms with Crippen LogP contribution in [0.15, 0.2) is 6.20 Å². The molecule has 0 spiro atoms. The normalized spacial score (nSPS) is 11.5. The van der Waals surface area contributed by atoms with Crippen molar-refractivity contribution in [3.63, 3.8) is 0 Å². The van der Waals surface area contributed by atoms with Gasteiger partial charge in [0, 0.05) is 0 Å². The maximum absolute atomic E-state index is 13.3. The molecule has 0 aliphatic carbocycles. The number of carbonyl (C=O) groups is 1. The number of aryl methyl sites for hydroxylation is 1. The Balaban J connectivity index is 2.99. The zero-order chi connectivity index (χ0) is 11.6. The average molecular weight is 219 g/mol. The molecule has 1 rings (SSSR count). The third-order valence-electron chi connectivity index (χ3n) is 1.75. The molecular formula is C8H11F2N3O2. The highest BCUT2D eigenvalue weighted by Gasteiger charge is 2.44. The van der Waals surface area contributed by atoms with Crippen molar-refractivity contribution in [3.05, 3.63) is 11.9 Å². The summed E-state index contributed by atoms with van der Waals surface area (Å²) in [6.45, 7) is 2.79. The molecule has 0 aliphatic heterocycles. The molecule has 1 heterocycles. The molecule has 2 N–H and O–H groups in total. The Morgan fingerprint density at radius 2 is 2.33 bits per heavy atom. The Kier molecular flexibility index (Phi) is 2.92. The number of nitrogens with zero attached hydrogens (tertiary/aromatic N) is 2. The summed E-state index contributed by atoms with van der Waals surface area (Å²) < 4.78 is 31.0. The van der Waals surface area contributed by atoms with E-state index in [1.54, 1.807) is 0 Å². The van der Waals surface area contributed by atoms with Crippen molar-refractivity contribution < 1.29 is 18.3 Å². The molecule has 5 nitrogen and oxygen atoms in total. The van der Waals surface area contributed by atoms with E-state index in [2.05, 4.69) is 9.84 Å². The highest BCUT2D eigenvalue weighted by Crippen LogP contribution is 2.23. The molecule has 0 bridgehead atoms. The van der Waals surface area contributed by atoms with E-state index in [-0.39, 0.29) is 22.7 Å². The van der Waals surface area contributed by atoms with E-state index in [1.165, 1.54) is 13.8 Å². The monoisotopic (exact) mass is 219 g/mol. The van der Waals surface area contributed by atoms with Gasteiger partial charge >= 0.3 is 12.0 Å². The quantitative estimate of drug-likeness (QED) is 0.766. The van der Waals surface area contributed by atoms with E-state index >= 15 is 0 Å². The second-order valence-electron chi connectivity index (χ2n) is 2.88. The molecule has 84 valence electrons. The summed E-state index contributed by atoms with van der Waals surface area (Å²) in [5.41, 5.74) is 5.67. The lowest BCUT2D eigenvalue weighted by molar-refractivity contribution is -0.189. The first kappa shape index (κ1) is 11.4. The van der Waals surface area contributed by atoms with Gasteiger partial charge in [-0.3, -0.25) is 0 Å². The van der Waals surface area contributed by atoms with Crippen molar-refractivity contribution >= 4 is 11.7 Å². The fourth-order valence-corrected chi connectivity index (χ4v) is 0.929. The third kappa shape index (κ3) is 2.05. The minimum atomic E-state index is -3.82. The number of rotatable bonds is 3. The summed E-state index contributed by atoms with van der Waals surface area (Å²) in [5, 5.41) is 3.43. The van der Waals surface area contributed by atoms with E-state index in [4.69, 9.17) is 5.73 Å². The lowest BCUT2D eigenvalue weighted by atomic mass is 10.4. The largest absolute Gasteiger partial charge is 0.460 e. The number of halogens is 2. The minimum absolute atomic E-state index is 0.0963. The number of esters is 1. The fourth-order valence-electron chi connectivity index (χ4n) is 0.929. The molecule has 0 saturated heterocycles. The summed E-state index contributed by atoms with van der Waals surface area (Å²) in [6.07, 6.45) is 0.895. The van der Waals surface area contributed by atoms with E-state index < -0.39 is 12.0 Å². The topological polar surface area (TPSA) is 70.1 Å². The maximum atomic E-state index is 13.3. The van der Waals surface area contributed by atoms with Gasteiger partial charge in [0.1, 0.15) is 0 Å². The Labute approximate surface area is 84.8 Å². The van der Waals surface area contributed by atoms with Crippen LogP contribution in [0.3, 0.4) is 0 Å². The van der Waals surface area contributed by atoms with Gasteiger partial charge in [0.25, 0.3) is 0 Å². The van der Waals surface area contributed by atoms with Gasteiger partial charge in [-0.15, -0.1) is 0 Å². The van der Waals surface area contributed by atoms with Gasteiger partial charge in [-0.2, -0.15) is 18.6 Å². The lowest BCUT2D eigenvalue weighted by Crippen LogP contribution is -2.35. The zero-order valence-electron chi connectivity index (χ0n) is 8.33. The number of hydrogen-bond acceptors (Lipinski definition) is 4. The van der Waals surface area contributed by atoms with Gasteiger partial charge in [0.2, 0.25) is 0 Å². The summed E-state index contributed by atoms with van der Waals surface area (Å²) in [4.78, 5) is 10.9. The molecule has 7 heteroatoms. The number of hydrogen-bond donors (Lipinski definition) is 1. The first-order valence-corrected chi connectivity index (χ1v) is 4.26. The van der Waals surface area contributed by atoms with Crippen molar-refractivity contribution in [2.24, 2.45) is 0 Å². The van der Waals surface area contributed by atoms with Crippen LogP contribution in [0, 0.1) is 6.92 Å². The van der Waals surface area contributed by atoms with Crippen LogP contribution in [0.25, 0.3) is 0 Å². The minimum Gasteiger partial charge on any atom is -0.460 e. The Hall–Kier alpha value is -1.66. The molecule has 0 unspecified atom stereocenters. The summed E-state index contributed by atoms with van der Waals surface area (Å²) >= 11 is 0. The van der Waals surface area contributed by atoms with Gasteiger partial charge in [-0.25, -0.2) is 4.79 Å². The highest BCUT2D eigenvalue weighted by atomic mass is 19.3. The Bertz CT molecular complexity index is 356. The van der Waals surface area contributed by atoms with Crippen LogP contribution >= 0.6 is 0 Å². The predicted octanol–water partition coefficient (Wildman–Crippen LogP) is 0.886. The van der Waals surface area contributed by atoms with Crippen molar-refractivity contribution in [1.82, 2.24) is 9.78 Å². The van der Waals surface area contributed by atoms with Gasteiger partial charge < -0.3 is 10.5 Å². The molecule has 0 aliphatic rings. The number of ether oxygens (including phenoxy) is 1. The first-order valence-electron chi connectivity index (χ1n) is 4.26. The van der Waals surface area contributed by atoms with Crippen LogP contribution in [0.5, 0.6) is 0 Å². The highest BCUT2D eigenvalue weighted by molar-refractivity contribution is 5.75. The predicted molar refractivity (Wildman–Crippen MR) is 48.2 cm³/mol. The standard InChI is InChI=1S/C8H11F2N3O2/c1-3-15-7(14)8(9,10)13-4-6(11)5(2)12-13/h4H,3,11H2,1-2H3. The molecule has 0 amide bonds. The summed E-state index contributed by atoms with van der Waals surface area (Å²) in [7, 11) is 0. The Morgan fingerprint density at radius 3 is 2.73 bits per heavy atom. The summed E-state index contributed by atoms with van der Waals surface area (Å²) in [5.74, 6) is -1.65. The summed E-state index contributed by atoms with van der Waals surface area (Å²) in [6, 6.07) is -3.82. The van der Waals surface area contributed by atoms with Crippen LogP contribution in [0.4, 0.5) is 14.5 Å². The molecule has 0 radical (unpaired) electrons. The molecule has 1 aromatic rings. The first-order chi connectivity index (χ1) is 6.89. The van der Waals surface area contributed by atoms with Crippen LogP contribution in [0.2, 0.25) is 0 Å². The molecule has 0 atom stereocenters. The average Bonchev–Trinajstić information content (AvgIpc) is 2.48. The second-order valence-corrected chi connectivity index (χ2v) is 2.88. The van der Waals surface area contributed by atoms with Crippen molar-refractivity contribution in [1.29, 1.82) is 0 Å². The molecule has 0 aromatic carbocycles. The molecule has 1 aromatic heterocycles. The van der Waals surface area contributed by atoms with Crippen molar-refractivity contribution in [2.45, 2.75) is 19.9 Å². The zero-order valence-corrected chi connectivity index (χ0v) is 8.33. The van der Waals surface area contributed by atoms with Gasteiger partial charge in [0.05, 0.1) is 24.2 Å². The van der Waals surface area contributed by atoms with Crippen LogP contribution in [-0.2, 0) is 15.6 Å². The van der Waals surface area contributed by atoms with Gasteiger partial charge in [0.15, 0.2) is 0 Å². The van der Waals surface area contributed by atoms with Gasteiger partial charge in [-0.1, -0.05) is 0 Å². The van der Waals surface area contributed by atoms with Crippen molar-refractivity contribution in [2.75, 3.05) is 12.3 Å². The van der Waals surface area contributed by atoms with E-state index in [1.807, 2.05) is 0 Å². The van der Waals surface area contributed by atoms with E-state index in [9.17, 15) is 13.6 Å². The van der Waals surface area contributed by atoms with Gasteiger partial charge in [-0.05, 0) is 13.8 Å². The van der Waals surface area contributed by atoms with E-state index in [0.29, 0.717) is 0 Å². The van der Waals surface area contributed by atoms with Crippen molar-refractivity contribution in [3.8, 4) is 0 Å². The number of alkyl halides is 2. The fraction of sp³-hybridized carbons (Fsp3) is 0.500. The second kappa shape index (κ2) is 3.84. The maximum Gasteiger partial charge on any atom is 0.441 e. The number of nitrogen functional groups attached to an aromatic ring is 1. The third-order valence-corrected chi connectivity index (χ3v) is 1.75.